The highest BCUT2D eigenvalue weighted by molar-refractivity contribution is 9.10. The van der Waals surface area contributed by atoms with Crippen molar-refractivity contribution in [3.8, 4) is 0 Å². The van der Waals surface area contributed by atoms with Crippen LogP contribution in [0, 0.1) is 0 Å². The molecule has 1 aromatic heterocycles. The number of thiophene rings is 1. The highest BCUT2D eigenvalue weighted by Crippen LogP contribution is 2.29. The smallest absolute Gasteiger partial charge is 0.173 e. The topological polar surface area (TPSA) is 61.8 Å². The first-order valence-electron chi connectivity index (χ1n) is 6.21. The van der Waals surface area contributed by atoms with E-state index in [0.29, 0.717) is 5.56 Å². The van der Waals surface area contributed by atoms with Crippen LogP contribution in [0.1, 0.15) is 17.4 Å². The summed E-state index contributed by atoms with van der Waals surface area (Å²) in [6, 6.07) is 9.96. The van der Waals surface area contributed by atoms with Crippen molar-refractivity contribution in [1.82, 2.24) is 0 Å². The predicted molar refractivity (Wildman–Crippen MR) is 87.7 cm³/mol. The molecular formula is C14H16BrN3OS. The van der Waals surface area contributed by atoms with Crippen LogP contribution in [0.2, 0.25) is 0 Å². The van der Waals surface area contributed by atoms with E-state index in [1.54, 1.807) is 11.3 Å². The van der Waals surface area contributed by atoms with Crippen molar-refractivity contribution in [3.63, 3.8) is 0 Å². The molecular weight excluding hydrogens is 338 g/mol. The van der Waals surface area contributed by atoms with Crippen LogP contribution in [-0.2, 0) is 6.54 Å². The molecule has 6 heteroatoms. The van der Waals surface area contributed by atoms with Crippen molar-refractivity contribution in [2.75, 3.05) is 11.4 Å². The Bertz CT molecular complexity index is 598. The molecule has 106 valence electrons. The van der Waals surface area contributed by atoms with Gasteiger partial charge in [-0.15, -0.1) is 11.3 Å². The first-order valence-corrected chi connectivity index (χ1v) is 7.88. The molecule has 0 spiro atoms. The molecule has 0 unspecified atom stereocenters. The molecule has 0 aliphatic rings. The lowest BCUT2D eigenvalue weighted by molar-refractivity contribution is 0.318. The Morgan fingerprint density at radius 3 is 2.80 bits per heavy atom. The molecule has 0 bridgehead atoms. The van der Waals surface area contributed by atoms with Crippen molar-refractivity contribution in [2.45, 2.75) is 13.5 Å². The molecule has 0 fully saturated rings. The fourth-order valence-electron chi connectivity index (χ4n) is 2.04. The number of nitrogens with zero attached hydrogens (tertiary/aromatic N) is 2. The van der Waals surface area contributed by atoms with Crippen LogP contribution < -0.4 is 10.6 Å². The summed E-state index contributed by atoms with van der Waals surface area (Å²) in [4.78, 5) is 3.47. The van der Waals surface area contributed by atoms with Crippen LogP contribution in [-0.4, -0.2) is 17.6 Å². The number of oxime groups is 1. The van der Waals surface area contributed by atoms with Crippen molar-refractivity contribution in [1.29, 1.82) is 0 Å². The second kappa shape index (κ2) is 6.76. The zero-order valence-electron chi connectivity index (χ0n) is 11.1. The fourth-order valence-corrected chi connectivity index (χ4v) is 3.32. The number of nitrogens with two attached hydrogens (primary N) is 1. The van der Waals surface area contributed by atoms with Crippen LogP contribution in [0.5, 0.6) is 0 Å². The highest BCUT2D eigenvalue weighted by Gasteiger charge is 2.16. The van der Waals surface area contributed by atoms with Gasteiger partial charge in [-0.2, -0.15) is 0 Å². The number of halogens is 1. The molecule has 1 aromatic carbocycles. The molecule has 1 heterocycles. The summed E-state index contributed by atoms with van der Waals surface area (Å²) in [5, 5.41) is 14.2. The number of hydrogen-bond acceptors (Lipinski definition) is 4. The van der Waals surface area contributed by atoms with Gasteiger partial charge >= 0.3 is 0 Å². The molecule has 4 nitrogen and oxygen atoms in total. The average Bonchev–Trinajstić information content (AvgIpc) is 2.96. The quantitative estimate of drug-likeness (QED) is 0.373. The number of hydrogen-bond donors (Lipinski definition) is 2. The molecule has 3 N–H and O–H groups in total. The minimum Gasteiger partial charge on any atom is -0.409 e. The van der Waals surface area contributed by atoms with Crippen molar-refractivity contribution < 1.29 is 5.21 Å². The Kier molecular flexibility index (Phi) is 5.03. The van der Waals surface area contributed by atoms with Gasteiger partial charge in [0.05, 0.1) is 12.1 Å². The third-order valence-corrected chi connectivity index (χ3v) is 4.53. The molecule has 2 rings (SSSR count). The van der Waals surface area contributed by atoms with E-state index in [9.17, 15) is 0 Å². The minimum atomic E-state index is 0.108. The summed E-state index contributed by atoms with van der Waals surface area (Å²) in [6.07, 6.45) is 0. The third kappa shape index (κ3) is 3.13. The van der Waals surface area contributed by atoms with Crippen LogP contribution in [0.25, 0.3) is 0 Å². The zero-order chi connectivity index (χ0) is 14.5. The van der Waals surface area contributed by atoms with Gasteiger partial charge in [-0.25, -0.2) is 0 Å². The lowest BCUT2D eigenvalue weighted by Crippen LogP contribution is -2.26. The Balaban J connectivity index is 2.41. The van der Waals surface area contributed by atoms with Crippen LogP contribution in [0.4, 0.5) is 5.69 Å². The van der Waals surface area contributed by atoms with Crippen molar-refractivity contribution in [2.24, 2.45) is 10.9 Å². The van der Waals surface area contributed by atoms with Crippen LogP contribution in [0.15, 0.2) is 45.3 Å². The SMILES string of the molecule is CCN(Cc1cccs1)c1cccc(Br)c1/C(N)=N/O. The Labute approximate surface area is 130 Å². The fraction of sp³-hybridized carbons (Fsp3) is 0.214. The van der Waals surface area contributed by atoms with E-state index in [1.165, 1.54) is 4.88 Å². The molecule has 0 aliphatic heterocycles. The summed E-state index contributed by atoms with van der Waals surface area (Å²) in [5.74, 6) is 0.108. The van der Waals surface area contributed by atoms with Gasteiger partial charge in [0.1, 0.15) is 0 Å². The number of rotatable bonds is 5. The summed E-state index contributed by atoms with van der Waals surface area (Å²) >= 11 is 5.19. The maximum Gasteiger partial charge on any atom is 0.173 e. The Morgan fingerprint density at radius 2 is 2.20 bits per heavy atom. The van der Waals surface area contributed by atoms with E-state index in [-0.39, 0.29) is 5.84 Å². The van der Waals surface area contributed by atoms with Gasteiger partial charge in [0.25, 0.3) is 0 Å². The van der Waals surface area contributed by atoms with Gasteiger partial charge in [-0.3, -0.25) is 0 Å². The Morgan fingerprint density at radius 1 is 1.40 bits per heavy atom. The lowest BCUT2D eigenvalue weighted by atomic mass is 10.1. The zero-order valence-corrected chi connectivity index (χ0v) is 13.5. The standard InChI is InChI=1S/C14H16BrN3OS/c1-2-18(9-10-5-4-8-20-10)12-7-3-6-11(15)13(12)14(16)17-19/h3-8,19H,2,9H2,1H3,(H2,16,17). The molecule has 0 saturated heterocycles. The monoisotopic (exact) mass is 353 g/mol. The molecule has 0 atom stereocenters. The van der Waals surface area contributed by atoms with Gasteiger partial charge in [0.2, 0.25) is 0 Å². The van der Waals surface area contributed by atoms with E-state index in [4.69, 9.17) is 10.9 Å². The maximum atomic E-state index is 8.97. The first-order chi connectivity index (χ1) is 9.67. The van der Waals surface area contributed by atoms with E-state index < -0.39 is 0 Å². The molecule has 2 aromatic rings. The average molecular weight is 354 g/mol. The summed E-state index contributed by atoms with van der Waals surface area (Å²) in [7, 11) is 0. The van der Waals surface area contributed by atoms with Gasteiger partial charge in [0.15, 0.2) is 5.84 Å². The van der Waals surface area contributed by atoms with Gasteiger partial charge in [0, 0.05) is 21.6 Å². The largest absolute Gasteiger partial charge is 0.409 e. The summed E-state index contributed by atoms with van der Waals surface area (Å²) in [5.41, 5.74) is 7.47. The van der Waals surface area contributed by atoms with Crippen molar-refractivity contribution in [3.05, 3.63) is 50.6 Å². The highest BCUT2D eigenvalue weighted by atomic mass is 79.9. The normalized spacial score (nSPS) is 11.6. The van der Waals surface area contributed by atoms with Crippen LogP contribution >= 0.6 is 27.3 Å². The van der Waals surface area contributed by atoms with E-state index in [0.717, 1.165) is 23.2 Å². The molecule has 0 saturated carbocycles. The lowest BCUT2D eigenvalue weighted by Gasteiger charge is -2.25. The van der Waals surface area contributed by atoms with Gasteiger partial charge < -0.3 is 15.8 Å². The number of benzene rings is 1. The molecule has 0 radical (unpaired) electrons. The Hall–Kier alpha value is -1.53. The number of amidine groups is 1. The van der Waals surface area contributed by atoms with Gasteiger partial charge in [-0.05, 0) is 46.4 Å². The molecule has 20 heavy (non-hydrogen) atoms. The molecule has 0 aliphatic carbocycles. The second-order valence-corrected chi connectivity index (χ2v) is 6.10. The summed E-state index contributed by atoms with van der Waals surface area (Å²) in [6.45, 7) is 3.72. The van der Waals surface area contributed by atoms with Gasteiger partial charge in [-0.1, -0.05) is 17.3 Å². The molecule has 0 amide bonds. The summed E-state index contributed by atoms with van der Waals surface area (Å²) < 4.78 is 0.815. The maximum absolute atomic E-state index is 8.97. The van der Waals surface area contributed by atoms with Crippen LogP contribution in [0.3, 0.4) is 0 Å². The second-order valence-electron chi connectivity index (χ2n) is 4.21. The van der Waals surface area contributed by atoms with E-state index in [1.807, 2.05) is 24.3 Å². The predicted octanol–water partition coefficient (Wildman–Crippen LogP) is 3.63. The van der Waals surface area contributed by atoms with Crippen molar-refractivity contribution >= 4 is 38.8 Å². The minimum absolute atomic E-state index is 0.108. The first kappa shape index (κ1) is 14.9. The van der Waals surface area contributed by atoms with E-state index in [2.05, 4.69) is 44.4 Å². The van der Waals surface area contributed by atoms with E-state index >= 15 is 0 Å². The third-order valence-electron chi connectivity index (χ3n) is 3.00. The number of anilines is 1.